The molecule has 8 heteroatoms. The molecule has 2 aromatic rings. The monoisotopic (exact) mass is 488 g/mol. The van der Waals surface area contributed by atoms with Crippen LogP contribution in [0.25, 0.3) is 0 Å². The van der Waals surface area contributed by atoms with E-state index in [1.807, 2.05) is 39.0 Å². The van der Waals surface area contributed by atoms with E-state index in [0.29, 0.717) is 47.9 Å². The molecule has 1 N–H and O–H groups in total. The summed E-state index contributed by atoms with van der Waals surface area (Å²) in [6.45, 7) is 8.52. The fraction of sp³-hybridized carbons (Fsp3) is 0.500. The predicted molar refractivity (Wildman–Crippen MR) is 132 cm³/mol. The van der Waals surface area contributed by atoms with Crippen LogP contribution in [0, 0.1) is 5.92 Å². The van der Waals surface area contributed by atoms with Gasteiger partial charge in [-0.25, -0.2) is 4.79 Å². The second kappa shape index (κ2) is 10.2. The smallest absolute Gasteiger partial charge is 0.410 e. The van der Waals surface area contributed by atoms with E-state index in [0.717, 1.165) is 31.6 Å². The Kier molecular flexibility index (Phi) is 7.31. The van der Waals surface area contributed by atoms with Crippen molar-refractivity contribution >= 4 is 23.4 Å². The normalized spacial score (nSPS) is 18.5. The number of piperidine rings is 1. The van der Waals surface area contributed by atoms with Crippen LogP contribution in [0.4, 0.5) is 10.5 Å². The van der Waals surface area contributed by atoms with Crippen molar-refractivity contribution in [2.75, 3.05) is 37.7 Å². The summed E-state index contributed by atoms with van der Waals surface area (Å²) in [6.07, 6.45) is 1.15. The zero-order valence-electron chi connectivity index (χ0n) is 20.0. The van der Waals surface area contributed by atoms with Crippen molar-refractivity contribution in [3.63, 3.8) is 0 Å². The number of nitrogens with zero attached hydrogens (tertiary/aromatic N) is 2. The third-order valence-corrected chi connectivity index (χ3v) is 6.25. The third-order valence-electron chi connectivity index (χ3n) is 6.02. The lowest BCUT2D eigenvalue weighted by molar-refractivity contribution is 0.00394. The first kappa shape index (κ1) is 24.3. The zero-order valence-corrected chi connectivity index (χ0v) is 20.8. The Morgan fingerprint density at radius 1 is 1.15 bits per heavy atom. The molecule has 1 fully saturated rings. The van der Waals surface area contributed by atoms with E-state index in [-0.39, 0.29) is 12.2 Å². The third kappa shape index (κ3) is 6.20. The molecule has 2 aliphatic rings. The van der Waals surface area contributed by atoms with Crippen molar-refractivity contribution in [2.45, 2.75) is 45.3 Å². The van der Waals surface area contributed by atoms with Gasteiger partial charge in [0.25, 0.3) is 0 Å². The number of anilines is 1. The fourth-order valence-electron chi connectivity index (χ4n) is 4.38. The molecule has 4 rings (SSSR count). The van der Waals surface area contributed by atoms with Crippen LogP contribution >= 0.6 is 11.6 Å². The number of fused-ring (bicyclic) bond motifs is 1. The highest BCUT2D eigenvalue weighted by atomic mass is 35.5. The molecule has 1 saturated heterocycles. The van der Waals surface area contributed by atoms with Gasteiger partial charge in [-0.15, -0.1) is 0 Å². The highest BCUT2D eigenvalue weighted by molar-refractivity contribution is 6.30. The minimum atomic E-state index is -0.590. The minimum absolute atomic E-state index is 0.297. The molecular weight excluding hydrogens is 456 g/mol. The summed E-state index contributed by atoms with van der Waals surface area (Å²) in [5.41, 5.74) is 0.267. The number of amides is 1. The molecule has 0 saturated carbocycles. The fourth-order valence-corrected chi connectivity index (χ4v) is 4.54. The van der Waals surface area contributed by atoms with Crippen LogP contribution in [-0.2, 0) is 4.74 Å². The predicted octanol–water partition coefficient (Wildman–Crippen LogP) is 5.34. The molecule has 0 unspecified atom stereocenters. The highest BCUT2D eigenvalue weighted by Gasteiger charge is 2.31. The second-order valence-electron chi connectivity index (χ2n) is 9.95. The maximum absolute atomic E-state index is 13.1. The first-order valence-corrected chi connectivity index (χ1v) is 12.2. The lowest BCUT2D eigenvalue weighted by Gasteiger charge is -2.38. The van der Waals surface area contributed by atoms with Gasteiger partial charge in [-0.2, -0.15) is 0 Å². The molecule has 7 nitrogen and oxygen atoms in total. The SMILES string of the molecule is CC(C)(C)OC(=O)N(CC1CCN(c2ccccc2O)CC1)C[C@H]1COc2ccc(Cl)cc2O1. The summed E-state index contributed by atoms with van der Waals surface area (Å²) in [4.78, 5) is 17.0. The van der Waals surface area contributed by atoms with E-state index in [9.17, 15) is 9.90 Å². The molecule has 0 aliphatic carbocycles. The van der Waals surface area contributed by atoms with Gasteiger partial charge in [0.1, 0.15) is 18.0 Å². The topological polar surface area (TPSA) is 71.5 Å². The van der Waals surface area contributed by atoms with Crippen molar-refractivity contribution in [1.29, 1.82) is 0 Å². The van der Waals surface area contributed by atoms with E-state index < -0.39 is 5.60 Å². The molecule has 2 aliphatic heterocycles. The largest absolute Gasteiger partial charge is 0.506 e. The molecule has 2 aromatic carbocycles. The molecule has 1 amide bonds. The van der Waals surface area contributed by atoms with Crippen molar-refractivity contribution < 1.29 is 24.1 Å². The number of carbonyl (C=O) groups excluding carboxylic acids is 1. The number of hydrogen-bond donors (Lipinski definition) is 1. The number of carbonyl (C=O) groups is 1. The summed E-state index contributed by atoms with van der Waals surface area (Å²) in [5.74, 6) is 1.86. The van der Waals surface area contributed by atoms with Gasteiger partial charge in [0.15, 0.2) is 17.6 Å². The molecule has 34 heavy (non-hydrogen) atoms. The number of phenols is 1. The standard InChI is InChI=1S/C26H33ClN2O5/c1-26(2,3)34-25(31)29(16-20-17-32-23-9-8-19(27)14-24(23)33-20)15-18-10-12-28(13-11-18)21-6-4-5-7-22(21)30/h4-9,14,18,20,30H,10-13,15-17H2,1-3H3/t20-/m0/s1. The average molecular weight is 489 g/mol. The Bertz CT molecular complexity index is 1000. The van der Waals surface area contributed by atoms with E-state index in [4.69, 9.17) is 25.8 Å². The highest BCUT2D eigenvalue weighted by Crippen LogP contribution is 2.35. The van der Waals surface area contributed by atoms with E-state index in [1.165, 1.54) is 0 Å². The molecular formula is C26H33ClN2O5. The molecule has 2 heterocycles. The summed E-state index contributed by atoms with van der Waals surface area (Å²) < 4.78 is 17.7. The first-order chi connectivity index (χ1) is 16.2. The molecule has 1 atom stereocenters. The minimum Gasteiger partial charge on any atom is -0.506 e. The number of phenolic OH excluding ortho intramolecular Hbond substituents is 1. The van der Waals surface area contributed by atoms with E-state index in [2.05, 4.69) is 4.90 Å². The Balaban J connectivity index is 1.40. The van der Waals surface area contributed by atoms with Crippen LogP contribution in [0.3, 0.4) is 0 Å². The van der Waals surface area contributed by atoms with Crippen molar-refractivity contribution in [3.05, 3.63) is 47.5 Å². The summed E-state index contributed by atoms with van der Waals surface area (Å²) >= 11 is 6.11. The van der Waals surface area contributed by atoms with Crippen LogP contribution in [0.1, 0.15) is 33.6 Å². The molecule has 0 aromatic heterocycles. The van der Waals surface area contributed by atoms with Crippen molar-refractivity contribution in [2.24, 2.45) is 5.92 Å². The number of hydrogen-bond acceptors (Lipinski definition) is 6. The van der Waals surface area contributed by atoms with Gasteiger partial charge in [-0.05, 0) is 63.8 Å². The van der Waals surface area contributed by atoms with Gasteiger partial charge in [0, 0.05) is 30.7 Å². The Morgan fingerprint density at radius 3 is 2.59 bits per heavy atom. The van der Waals surface area contributed by atoms with Crippen LogP contribution in [0.2, 0.25) is 5.02 Å². The number of ether oxygens (including phenoxy) is 3. The quantitative estimate of drug-likeness (QED) is 0.612. The molecule has 184 valence electrons. The van der Waals surface area contributed by atoms with Crippen LogP contribution < -0.4 is 14.4 Å². The molecule has 0 spiro atoms. The first-order valence-electron chi connectivity index (χ1n) is 11.8. The van der Waals surface area contributed by atoms with Crippen molar-refractivity contribution in [3.8, 4) is 17.2 Å². The number of benzene rings is 2. The Hall–Kier alpha value is -2.80. The molecule has 0 bridgehead atoms. The van der Waals surface area contributed by atoms with Crippen LogP contribution in [-0.4, -0.2) is 60.6 Å². The number of aromatic hydroxyl groups is 1. The van der Waals surface area contributed by atoms with E-state index in [1.54, 1.807) is 29.2 Å². The Labute approximate surface area is 206 Å². The lowest BCUT2D eigenvalue weighted by atomic mass is 9.95. The van der Waals surface area contributed by atoms with Gasteiger partial charge < -0.3 is 29.1 Å². The van der Waals surface area contributed by atoms with Gasteiger partial charge in [0.05, 0.1) is 12.2 Å². The summed E-state index contributed by atoms with van der Waals surface area (Å²) in [6, 6.07) is 12.7. The number of para-hydroxylation sites is 2. The van der Waals surface area contributed by atoms with Crippen molar-refractivity contribution in [1.82, 2.24) is 4.90 Å². The Morgan fingerprint density at radius 2 is 1.88 bits per heavy atom. The molecule has 0 radical (unpaired) electrons. The van der Waals surface area contributed by atoms with Gasteiger partial charge >= 0.3 is 6.09 Å². The number of halogens is 1. The maximum atomic E-state index is 13.1. The van der Waals surface area contributed by atoms with E-state index >= 15 is 0 Å². The number of rotatable bonds is 5. The van der Waals surface area contributed by atoms with Crippen LogP contribution in [0.5, 0.6) is 17.2 Å². The van der Waals surface area contributed by atoms with Gasteiger partial charge in [-0.1, -0.05) is 23.7 Å². The van der Waals surface area contributed by atoms with Gasteiger partial charge in [0.2, 0.25) is 0 Å². The second-order valence-corrected chi connectivity index (χ2v) is 10.4. The summed E-state index contributed by atoms with van der Waals surface area (Å²) in [5, 5.41) is 10.8. The zero-order chi connectivity index (χ0) is 24.3. The average Bonchev–Trinajstić information content (AvgIpc) is 2.78. The lowest BCUT2D eigenvalue weighted by Crippen LogP contribution is -2.48. The maximum Gasteiger partial charge on any atom is 0.410 e. The van der Waals surface area contributed by atoms with Gasteiger partial charge in [-0.3, -0.25) is 0 Å². The van der Waals surface area contributed by atoms with Crippen LogP contribution in [0.15, 0.2) is 42.5 Å². The summed E-state index contributed by atoms with van der Waals surface area (Å²) in [7, 11) is 0.